The maximum atomic E-state index is 13.7. The summed E-state index contributed by atoms with van der Waals surface area (Å²) in [4.78, 5) is 12.3. The molecule has 1 aliphatic rings. The maximum Gasteiger partial charge on any atom is 0.241 e. The number of hydrogen-bond acceptors (Lipinski definition) is 3. The molecule has 1 aliphatic heterocycles. The number of hydrogen-bond donors (Lipinski definition) is 1. The van der Waals surface area contributed by atoms with Crippen molar-refractivity contribution in [1.29, 1.82) is 5.26 Å². The molecule has 1 saturated heterocycles. The second kappa shape index (κ2) is 6.02. The van der Waals surface area contributed by atoms with Crippen LogP contribution in [0.15, 0.2) is 24.3 Å². The summed E-state index contributed by atoms with van der Waals surface area (Å²) in [5.74, 6) is -0.711. The Balaban J connectivity index is 2.11. The number of nitriles is 1. The van der Waals surface area contributed by atoms with Gasteiger partial charge in [-0.3, -0.25) is 4.79 Å². The average molecular weight is 276 g/mol. The number of nitrogens with zero attached hydrogens (tertiary/aromatic N) is 1. The van der Waals surface area contributed by atoms with Crippen LogP contribution in [0.1, 0.15) is 31.4 Å². The molecule has 0 spiro atoms. The average Bonchev–Trinajstić information content (AvgIpc) is 2.48. The SMILES string of the molecule is CC(NC(=O)C1(C#N)CCOCC1)c1ccccc1F. The molecule has 1 fully saturated rings. The van der Waals surface area contributed by atoms with Crippen LogP contribution in [0.2, 0.25) is 0 Å². The Morgan fingerprint density at radius 1 is 1.45 bits per heavy atom. The van der Waals surface area contributed by atoms with Gasteiger partial charge in [0.05, 0.1) is 12.1 Å². The van der Waals surface area contributed by atoms with Gasteiger partial charge in [0.25, 0.3) is 0 Å². The molecule has 5 heteroatoms. The van der Waals surface area contributed by atoms with Crippen molar-refractivity contribution >= 4 is 5.91 Å². The van der Waals surface area contributed by atoms with Crippen LogP contribution in [0.3, 0.4) is 0 Å². The zero-order chi connectivity index (χ0) is 14.6. The molecule has 106 valence electrons. The van der Waals surface area contributed by atoms with E-state index in [1.807, 2.05) is 0 Å². The normalized spacial score (nSPS) is 18.9. The monoisotopic (exact) mass is 276 g/mol. The summed E-state index contributed by atoms with van der Waals surface area (Å²) in [6, 6.07) is 7.93. The van der Waals surface area contributed by atoms with Gasteiger partial charge in [-0.2, -0.15) is 5.26 Å². The zero-order valence-electron chi connectivity index (χ0n) is 11.4. The Morgan fingerprint density at radius 3 is 2.70 bits per heavy atom. The number of halogens is 1. The van der Waals surface area contributed by atoms with Gasteiger partial charge >= 0.3 is 0 Å². The molecular formula is C15H17FN2O2. The lowest BCUT2D eigenvalue weighted by atomic mass is 9.80. The predicted octanol–water partition coefficient (Wildman–Crippen LogP) is 2.32. The molecule has 20 heavy (non-hydrogen) atoms. The first-order valence-corrected chi connectivity index (χ1v) is 6.63. The third-order valence-corrected chi connectivity index (χ3v) is 3.71. The Bertz CT molecular complexity index is 533. The summed E-state index contributed by atoms with van der Waals surface area (Å²) in [6.07, 6.45) is 0.749. The number of carbonyl (C=O) groups excluding carboxylic acids is 1. The van der Waals surface area contributed by atoms with Gasteiger partial charge in [-0.05, 0) is 25.8 Å². The van der Waals surface area contributed by atoms with E-state index in [1.54, 1.807) is 25.1 Å². The lowest BCUT2D eigenvalue weighted by Crippen LogP contribution is -2.44. The molecule has 1 N–H and O–H groups in total. The minimum Gasteiger partial charge on any atom is -0.381 e. The molecule has 0 bridgehead atoms. The second-order valence-corrected chi connectivity index (χ2v) is 5.02. The van der Waals surface area contributed by atoms with Crippen molar-refractivity contribution in [3.8, 4) is 6.07 Å². The Kier molecular flexibility index (Phi) is 4.35. The Labute approximate surface area is 117 Å². The molecule has 0 radical (unpaired) electrons. The highest BCUT2D eigenvalue weighted by Gasteiger charge is 2.41. The lowest BCUT2D eigenvalue weighted by Gasteiger charge is -2.30. The van der Waals surface area contributed by atoms with E-state index in [4.69, 9.17) is 4.74 Å². The van der Waals surface area contributed by atoms with Gasteiger partial charge in [-0.25, -0.2) is 4.39 Å². The minimum absolute atomic E-state index is 0.348. The van der Waals surface area contributed by atoms with Gasteiger partial charge in [0.1, 0.15) is 11.2 Å². The van der Waals surface area contributed by atoms with Crippen molar-refractivity contribution in [3.63, 3.8) is 0 Å². The molecule has 1 heterocycles. The van der Waals surface area contributed by atoms with Gasteiger partial charge in [0.15, 0.2) is 0 Å². The Morgan fingerprint density at radius 2 is 2.10 bits per heavy atom. The van der Waals surface area contributed by atoms with E-state index in [0.29, 0.717) is 31.6 Å². The lowest BCUT2D eigenvalue weighted by molar-refractivity contribution is -0.133. The highest BCUT2D eigenvalue weighted by Crippen LogP contribution is 2.31. The highest BCUT2D eigenvalue weighted by molar-refractivity contribution is 5.85. The molecule has 1 atom stereocenters. The summed E-state index contributed by atoms with van der Waals surface area (Å²) in [7, 11) is 0. The van der Waals surface area contributed by atoms with E-state index in [0.717, 1.165) is 0 Å². The van der Waals surface area contributed by atoms with Crippen LogP contribution in [-0.4, -0.2) is 19.1 Å². The number of nitrogens with one attached hydrogen (secondary N) is 1. The fourth-order valence-corrected chi connectivity index (χ4v) is 2.35. The summed E-state index contributed by atoms with van der Waals surface area (Å²) in [5.41, 5.74) is -0.640. The third-order valence-electron chi connectivity index (χ3n) is 3.71. The van der Waals surface area contributed by atoms with E-state index in [2.05, 4.69) is 11.4 Å². The molecule has 0 saturated carbocycles. The highest BCUT2D eigenvalue weighted by atomic mass is 19.1. The first kappa shape index (κ1) is 14.5. The summed E-state index contributed by atoms with van der Waals surface area (Å²) in [6.45, 7) is 2.50. The molecule has 1 aromatic rings. The molecule has 2 rings (SSSR count). The molecule has 1 aromatic carbocycles. The molecule has 0 aliphatic carbocycles. The summed E-state index contributed by atoms with van der Waals surface area (Å²) >= 11 is 0. The molecular weight excluding hydrogens is 259 g/mol. The van der Waals surface area contributed by atoms with Gasteiger partial charge in [-0.1, -0.05) is 18.2 Å². The van der Waals surface area contributed by atoms with Crippen LogP contribution in [0, 0.1) is 22.6 Å². The number of rotatable bonds is 3. The fraction of sp³-hybridized carbons (Fsp3) is 0.467. The molecule has 4 nitrogen and oxygen atoms in total. The maximum absolute atomic E-state index is 13.7. The van der Waals surface area contributed by atoms with Crippen LogP contribution < -0.4 is 5.32 Å². The van der Waals surface area contributed by atoms with E-state index < -0.39 is 11.5 Å². The first-order valence-electron chi connectivity index (χ1n) is 6.63. The van der Waals surface area contributed by atoms with Crippen molar-refractivity contribution in [3.05, 3.63) is 35.6 Å². The number of benzene rings is 1. The molecule has 1 unspecified atom stereocenters. The van der Waals surface area contributed by atoms with Crippen LogP contribution in [-0.2, 0) is 9.53 Å². The number of amides is 1. The van der Waals surface area contributed by atoms with Crippen molar-refractivity contribution in [2.75, 3.05) is 13.2 Å². The van der Waals surface area contributed by atoms with Crippen molar-refractivity contribution in [2.45, 2.75) is 25.8 Å². The number of ether oxygens (including phenoxy) is 1. The van der Waals surface area contributed by atoms with Crippen molar-refractivity contribution in [1.82, 2.24) is 5.32 Å². The third kappa shape index (κ3) is 2.81. The summed E-state index contributed by atoms with van der Waals surface area (Å²) in [5, 5.41) is 12.1. The fourth-order valence-electron chi connectivity index (χ4n) is 2.35. The smallest absolute Gasteiger partial charge is 0.241 e. The standard InChI is InChI=1S/C15H17FN2O2/c1-11(12-4-2-3-5-13(12)16)18-14(19)15(10-17)6-8-20-9-7-15/h2-5,11H,6-9H2,1H3,(H,18,19). The van der Waals surface area contributed by atoms with Crippen molar-refractivity contribution in [2.24, 2.45) is 5.41 Å². The zero-order valence-corrected chi connectivity index (χ0v) is 11.4. The van der Waals surface area contributed by atoms with Crippen LogP contribution >= 0.6 is 0 Å². The first-order chi connectivity index (χ1) is 9.59. The van der Waals surface area contributed by atoms with Crippen molar-refractivity contribution < 1.29 is 13.9 Å². The summed E-state index contributed by atoms with van der Waals surface area (Å²) < 4.78 is 18.9. The van der Waals surface area contributed by atoms with E-state index in [1.165, 1.54) is 6.07 Å². The quantitative estimate of drug-likeness (QED) is 0.921. The van der Waals surface area contributed by atoms with Crippen LogP contribution in [0.4, 0.5) is 4.39 Å². The van der Waals surface area contributed by atoms with Gasteiger partial charge in [-0.15, -0.1) is 0 Å². The van der Waals surface area contributed by atoms with Crippen LogP contribution in [0.5, 0.6) is 0 Å². The van der Waals surface area contributed by atoms with Gasteiger partial charge < -0.3 is 10.1 Å². The minimum atomic E-state index is -1.06. The van der Waals surface area contributed by atoms with Gasteiger partial charge in [0, 0.05) is 18.8 Å². The second-order valence-electron chi connectivity index (χ2n) is 5.02. The van der Waals surface area contributed by atoms with E-state index in [-0.39, 0.29) is 11.7 Å². The van der Waals surface area contributed by atoms with E-state index >= 15 is 0 Å². The van der Waals surface area contributed by atoms with Crippen LogP contribution in [0.25, 0.3) is 0 Å². The predicted molar refractivity (Wildman–Crippen MR) is 71.1 cm³/mol. The topological polar surface area (TPSA) is 62.1 Å². The van der Waals surface area contributed by atoms with E-state index in [9.17, 15) is 14.4 Å². The number of carbonyl (C=O) groups is 1. The molecule has 0 aromatic heterocycles. The molecule has 1 amide bonds. The Hall–Kier alpha value is -1.93. The largest absolute Gasteiger partial charge is 0.381 e. The van der Waals surface area contributed by atoms with Gasteiger partial charge in [0.2, 0.25) is 5.91 Å².